The van der Waals surface area contributed by atoms with Crippen molar-refractivity contribution in [1.29, 1.82) is 0 Å². The van der Waals surface area contributed by atoms with Crippen molar-refractivity contribution in [2.24, 2.45) is 0 Å². The zero-order valence-corrected chi connectivity index (χ0v) is 20.3. The first-order chi connectivity index (χ1) is 16.7. The standard InChI is InChI=1S/C29H38N2O3/c32-28-20-19-25-26(30-28)16-11-17-27(25)34-21-10-2-1-9-18-29(33)31(24-14-7-4-8-15-24)22-23-12-5-3-6-13-23/h3,5-6,11-13,16-17,24H,1-2,4,7-10,14-15,18-22H2,(H,30,32). The summed E-state index contributed by atoms with van der Waals surface area (Å²) in [7, 11) is 0. The summed E-state index contributed by atoms with van der Waals surface area (Å²) in [6.45, 7) is 1.40. The molecule has 0 atom stereocenters. The minimum Gasteiger partial charge on any atom is -0.493 e. The molecule has 0 bridgehead atoms. The van der Waals surface area contributed by atoms with Crippen LogP contribution in [0.3, 0.4) is 0 Å². The Hall–Kier alpha value is -2.82. The lowest BCUT2D eigenvalue weighted by atomic mass is 9.93. The second-order valence-corrected chi connectivity index (χ2v) is 9.64. The average Bonchev–Trinajstić information content (AvgIpc) is 2.87. The van der Waals surface area contributed by atoms with Crippen molar-refractivity contribution in [3.05, 3.63) is 59.7 Å². The number of nitrogens with zero attached hydrogens (tertiary/aromatic N) is 1. The van der Waals surface area contributed by atoms with Gasteiger partial charge in [0.1, 0.15) is 5.75 Å². The van der Waals surface area contributed by atoms with E-state index in [1.807, 2.05) is 24.3 Å². The fraction of sp³-hybridized carbons (Fsp3) is 0.517. The Morgan fingerprint density at radius 2 is 1.71 bits per heavy atom. The number of ether oxygens (including phenoxy) is 1. The van der Waals surface area contributed by atoms with E-state index in [0.29, 0.717) is 31.4 Å². The maximum absolute atomic E-state index is 13.2. The van der Waals surface area contributed by atoms with Crippen molar-refractivity contribution in [3.63, 3.8) is 0 Å². The van der Waals surface area contributed by atoms with Gasteiger partial charge in [0.05, 0.1) is 6.61 Å². The maximum atomic E-state index is 13.2. The lowest BCUT2D eigenvalue weighted by Crippen LogP contribution is -2.40. The van der Waals surface area contributed by atoms with Gasteiger partial charge < -0.3 is 15.0 Å². The van der Waals surface area contributed by atoms with Gasteiger partial charge in [-0.15, -0.1) is 0 Å². The van der Waals surface area contributed by atoms with Gasteiger partial charge >= 0.3 is 0 Å². The molecule has 2 aliphatic rings. The Labute approximate surface area is 203 Å². The highest BCUT2D eigenvalue weighted by atomic mass is 16.5. The smallest absolute Gasteiger partial charge is 0.224 e. The van der Waals surface area contributed by atoms with Gasteiger partial charge in [0.15, 0.2) is 0 Å². The van der Waals surface area contributed by atoms with Gasteiger partial charge in [-0.2, -0.15) is 0 Å². The van der Waals surface area contributed by atoms with Crippen molar-refractivity contribution >= 4 is 17.5 Å². The van der Waals surface area contributed by atoms with E-state index in [9.17, 15) is 9.59 Å². The third-order valence-electron chi connectivity index (χ3n) is 7.08. The van der Waals surface area contributed by atoms with Gasteiger partial charge in [-0.3, -0.25) is 9.59 Å². The Morgan fingerprint density at radius 3 is 2.53 bits per heavy atom. The highest BCUT2D eigenvalue weighted by Crippen LogP contribution is 2.31. The largest absolute Gasteiger partial charge is 0.493 e. The Bertz CT molecular complexity index is 938. The molecule has 1 aliphatic heterocycles. The van der Waals surface area contributed by atoms with Crippen molar-refractivity contribution in [3.8, 4) is 5.75 Å². The Balaban J connectivity index is 1.18. The van der Waals surface area contributed by atoms with Crippen LogP contribution in [0.2, 0.25) is 0 Å². The zero-order valence-electron chi connectivity index (χ0n) is 20.3. The number of carbonyl (C=O) groups excluding carboxylic acids is 2. The summed E-state index contributed by atoms with van der Waals surface area (Å²) in [6, 6.07) is 16.7. The van der Waals surface area contributed by atoms with E-state index in [4.69, 9.17) is 4.74 Å². The summed E-state index contributed by atoms with van der Waals surface area (Å²) in [5.41, 5.74) is 3.21. The number of carbonyl (C=O) groups is 2. The summed E-state index contributed by atoms with van der Waals surface area (Å²) >= 11 is 0. The van der Waals surface area contributed by atoms with Crippen molar-refractivity contribution in [1.82, 2.24) is 4.90 Å². The summed E-state index contributed by atoms with van der Waals surface area (Å²) in [4.78, 5) is 26.9. The number of benzene rings is 2. The van der Waals surface area contributed by atoms with E-state index in [-0.39, 0.29) is 5.91 Å². The van der Waals surface area contributed by atoms with Crippen LogP contribution < -0.4 is 10.1 Å². The van der Waals surface area contributed by atoms with Gasteiger partial charge in [-0.05, 0) is 49.8 Å². The lowest BCUT2D eigenvalue weighted by molar-refractivity contribution is -0.135. The van der Waals surface area contributed by atoms with E-state index in [0.717, 1.165) is 68.5 Å². The molecule has 1 N–H and O–H groups in total. The number of hydrogen-bond donors (Lipinski definition) is 1. The molecule has 0 saturated heterocycles. The minimum atomic E-state index is 0.0741. The number of nitrogens with one attached hydrogen (secondary N) is 1. The van der Waals surface area contributed by atoms with Crippen LogP contribution in [0.1, 0.15) is 81.8 Å². The van der Waals surface area contributed by atoms with Gasteiger partial charge in [0, 0.05) is 36.7 Å². The molecule has 0 spiro atoms. The van der Waals surface area contributed by atoms with E-state index in [1.54, 1.807) is 0 Å². The molecule has 182 valence electrons. The van der Waals surface area contributed by atoms with Crippen LogP contribution in [0, 0.1) is 0 Å². The second-order valence-electron chi connectivity index (χ2n) is 9.64. The van der Waals surface area contributed by atoms with Crippen LogP contribution in [0.15, 0.2) is 48.5 Å². The molecule has 1 heterocycles. The van der Waals surface area contributed by atoms with Gasteiger partial charge in [0.2, 0.25) is 11.8 Å². The third kappa shape index (κ3) is 6.85. The quantitative estimate of drug-likeness (QED) is 0.401. The molecular formula is C29H38N2O3. The normalized spacial score (nSPS) is 15.9. The number of hydrogen-bond acceptors (Lipinski definition) is 3. The molecule has 1 aliphatic carbocycles. The third-order valence-corrected chi connectivity index (χ3v) is 7.08. The molecule has 0 unspecified atom stereocenters. The molecule has 0 aromatic heterocycles. The fourth-order valence-electron chi connectivity index (χ4n) is 5.18. The van der Waals surface area contributed by atoms with E-state index in [2.05, 4.69) is 34.5 Å². The van der Waals surface area contributed by atoms with Crippen LogP contribution in [0.25, 0.3) is 0 Å². The maximum Gasteiger partial charge on any atom is 0.224 e. The summed E-state index contributed by atoms with van der Waals surface area (Å²) in [5, 5.41) is 2.92. The van der Waals surface area contributed by atoms with E-state index in [1.165, 1.54) is 24.8 Å². The SMILES string of the molecule is O=C1CCc2c(cccc2OCCCCCCC(=O)N(Cc2ccccc2)C2CCCCC2)N1. The van der Waals surface area contributed by atoms with Crippen LogP contribution in [-0.4, -0.2) is 29.4 Å². The minimum absolute atomic E-state index is 0.0741. The molecular weight excluding hydrogens is 424 g/mol. The first kappa shape index (κ1) is 24.3. The van der Waals surface area contributed by atoms with E-state index >= 15 is 0 Å². The average molecular weight is 463 g/mol. The predicted octanol–water partition coefficient (Wildman–Crippen LogP) is 6.26. The summed E-state index contributed by atoms with van der Waals surface area (Å²) in [6.07, 6.45) is 11.9. The Kier molecular flexibility index (Phi) is 9.00. The number of fused-ring (bicyclic) bond motifs is 1. The molecule has 2 aromatic rings. The zero-order chi connectivity index (χ0) is 23.6. The molecule has 2 amide bonds. The van der Waals surface area contributed by atoms with Gasteiger partial charge in [0.25, 0.3) is 0 Å². The highest BCUT2D eigenvalue weighted by Gasteiger charge is 2.25. The monoisotopic (exact) mass is 462 g/mol. The number of unbranched alkanes of at least 4 members (excludes halogenated alkanes) is 3. The van der Waals surface area contributed by atoms with Crippen molar-refractivity contribution < 1.29 is 14.3 Å². The molecule has 5 heteroatoms. The lowest BCUT2D eigenvalue weighted by Gasteiger charge is -2.34. The van der Waals surface area contributed by atoms with Crippen molar-refractivity contribution in [2.45, 2.75) is 89.6 Å². The summed E-state index contributed by atoms with van der Waals surface area (Å²) in [5.74, 6) is 1.27. The molecule has 2 aromatic carbocycles. The van der Waals surface area contributed by atoms with E-state index < -0.39 is 0 Å². The first-order valence-electron chi connectivity index (χ1n) is 13.1. The topological polar surface area (TPSA) is 58.6 Å². The fourth-order valence-corrected chi connectivity index (χ4v) is 5.18. The number of amides is 2. The molecule has 1 saturated carbocycles. The molecule has 34 heavy (non-hydrogen) atoms. The molecule has 1 fully saturated rings. The van der Waals surface area contributed by atoms with Gasteiger partial charge in [-0.1, -0.05) is 68.5 Å². The van der Waals surface area contributed by atoms with Crippen LogP contribution in [-0.2, 0) is 22.6 Å². The number of rotatable bonds is 11. The highest BCUT2D eigenvalue weighted by molar-refractivity contribution is 5.94. The van der Waals surface area contributed by atoms with Crippen molar-refractivity contribution in [2.75, 3.05) is 11.9 Å². The van der Waals surface area contributed by atoms with Crippen LogP contribution >= 0.6 is 0 Å². The number of anilines is 1. The molecule has 4 rings (SSSR count). The summed E-state index contributed by atoms with van der Waals surface area (Å²) < 4.78 is 6.02. The molecule has 0 radical (unpaired) electrons. The predicted molar refractivity (Wildman–Crippen MR) is 136 cm³/mol. The first-order valence-corrected chi connectivity index (χ1v) is 13.1. The Morgan fingerprint density at radius 1 is 0.912 bits per heavy atom. The van der Waals surface area contributed by atoms with Gasteiger partial charge in [-0.25, -0.2) is 0 Å². The molecule has 5 nitrogen and oxygen atoms in total. The van der Waals surface area contributed by atoms with Crippen LogP contribution in [0.4, 0.5) is 5.69 Å². The second kappa shape index (κ2) is 12.6. The van der Waals surface area contributed by atoms with Crippen LogP contribution in [0.5, 0.6) is 5.75 Å².